The molecule has 0 spiro atoms. The Morgan fingerprint density at radius 1 is 1.44 bits per heavy atom. The van der Waals surface area contributed by atoms with E-state index in [0.29, 0.717) is 18.9 Å². The van der Waals surface area contributed by atoms with Crippen LogP contribution < -0.4 is 0 Å². The fourth-order valence-corrected chi connectivity index (χ4v) is 1.95. The summed E-state index contributed by atoms with van der Waals surface area (Å²) in [5.74, 6) is 0.477. The second-order valence-electron chi connectivity index (χ2n) is 4.88. The molecule has 0 aromatic heterocycles. The minimum absolute atomic E-state index is 0.00412. The lowest BCUT2D eigenvalue weighted by Crippen LogP contribution is -2.34. The lowest BCUT2D eigenvalue weighted by Gasteiger charge is -2.27. The van der Waals surface area contributed by atoms with Crippen molar-refractivity contribution in [2.45, 2.75) is 52.6 Å². The zero-order valence-corrected chi connectivity index (χ0v) is 10.5. The minimum Gasteiger partial charge on any atom is -0.377 e. The van der Waals surface area contributed by atoms with Gasteiger partial charge in [-0.05, 0) is 12.3 Å². The summed E-state index contributed by atoms with van der Waals surface area (Å²) < 4.78 is 5.67. The quantitative estimate of drug-likeness (QED) is 0.694. The van der Waals surface area contributed by atoms with Gasteiger partial charge in [-0.3, -0.25) is 9.59 Å². The van der Waals surface area contributed by atoms with Crippen molar-refractivity contribution in [3.63, 3.8) is 0 Å². The van der Waals surface area contributed by atoms with Crippen LogP contribution in [0.4, 0.5) is 0 Å². The maximum Gasteiger partial charge on any atom is 0.145 e. The zero-order valence-electron chi connectivity index (χ0n) is 10.5. The van der Waals surface area contributed by atoms with Crippen LogP contribution in [-0.2, 0) is 14.3 Å². The first-order valence-corrected chi connectivity index (χ1v) is 6.20. The van der Waals surface area contributed by atoms with Gasteiger partial charge in [-0.1, -0.05) is 27.2 Å². The minimum atomic E-state index is -0.141. The fraction of sp³-hybridized carbons (Fsp3) is 0.846. The van der Waals surface area contributed by atoms with E-state index in [1.165, 1.54) is 0 Å². The Morgan fingerprint density at radius 3 is 2.75 bits per heavy atom. The highest BCUT2D eigenvalue weighted by atomic mass is 16.5. The first-order valence-electron chi connectivity index (χ1n) is 6.20. The van der Waals surface area contributed by atoms with Crippen LogP contribution in [0.25, 0.3) is 0 Å². The van der Waals surface area contributed by atoms with Gasteiger partial charge in [0.25, 0.3) is 0 Å². The molecule has 1 saturated heterocycles. The third kappa shape index (κ3) is 3.71. The monoisotopic (exact) mass is 226 g/mol. The normalized spacial score (nSPS) is 29.7. The molecule has 0 aliphatic carbocycles. The smallest absolute Gasteiger partial charge is 0.145 e. The van der Waals surface area contributed by atoms with E-state index in [1.807, 2.05) is 6.92 Å². The molecule has 0 N–H and O–H groups in total. The van der Waals surface area contributed by atoms with Gasteiger partial charge in [0.05, 0.1) is 19.1 Å². The largest absolute Gasteiger partial charge is 0.377 e. The molecule has 0 bridgehead atoms. The summed E-state index contributed by atoms with van der Waals surface area (Å²) in [5.41, 5.74) is 0. The summed E-state index contributed by atoms with van der Waals surface area (Å²) in [6, 6.07) is 0. The second-order valence-corrected chi connectivity index (χ2v) is 4.88. The molecule has 1 rings (SSSR count). The number of hydrogen-bond donors (Lipinski definition) is 0. The molecule has 3 heteroatoms. The van der Waals surface area contributed by atoms with E-state index in [4.69, 9.17) is 4.74 Å². The molecule has 0 aromatic rings. The third-order valence-corrected chi connectivity index (χ3v) is 3.48. The van der Waals surface area contributed by atoms with Gasteiger partial charge in [0.15, 0.2) is 0 Å². The van der Waals surface area contributed by atoms with Gasteiger partial charge >= 0.3 is 0 Å². The molecule has 3 nitrogen and oxygen atoms in total. The van der Waals surface area contributed by atoms with Crippen LogP contribution in [0.15, 0.2) is 0 Å². The van der Waals surface area contributed by atoms with Crippen molar-refractivity contribution in [1.29, 1.82) is 0 Å². The Hall–Kier alpha value is -0.700. The lowest BCUT2D eigenvalue weighted by atomic mass is 9.88. The number of hydrogen-bond acceptors (Lipinski definition) is 3. The summed E-state index contributed by atoms with van der Waals surface area (Å²) in [6.45, 7) is 6.67. The number of rotatable bonds is 3. The SMILES string of the molecule is CC[C@H](C)C[C@@H]1OCCC(=O)CC(=O)[C@@H]1C. The Kier molecular flexibility index (Phi) is 5.13. The molecule has 0 amide bonds. The van der Waals surface area contributed by atoms with Crippen molar-refractivity contribution in [3.05, 3.63) is 0 Å². The molecule has 16 heavy (non-hydrogen) atoms. The first kappa shape index (κ1) is 13.4. The molecule has 0 saturated carbocycles. The number of ether oxygens (including phenoxy) is 1. The van der Waals surface area contributed by atoms with Crippen molar-refractivity contribution in [3.8, 4) is 0 Å². The molecule has 0 aromatic carbocycles. The van der Waals surface area contributed by atoms with Gasteiger partial charge in [0.2, 0.25) is 0 Å². The predicted octanol–water partition coefficient (Wildman–Crippen LogP) is 2.38. The average molecular weight is 226 g/mol. The van der Waals surface area contributed by atoms with Crippen LogP contribution in [0.5, 0.6) is 0 Å². The van der Waals surface area contributed by atoms with E-state index < -0.39 is 0 Å². The maximum absolute atomic E-state index is 11.8. The van der Waals surface area contributed by atoms with Gasteiger partial charge in [0.1, 0.15) is 11.6 Å². The molecule has 1 heterocycles. The van der Waals surface area contributed by atoms with Gasteiger partial charge in [-0.25, -0.2) is 0 Å². The van der Waals surface area contributed by atoms with Crippen LogP contribution in [0.2, 0.25) is 0 Å². The van der Waals surface area contributed by atoms with Gasteiger partial charge < -0.3 is 4.74 Å². The van der Waals surface area contributed by atoms with Crippen LogP contribution in [0, 0.1) is 11.8 Å². The molecule has 1 aliphatic heterocycles. The van der Waals surface area contributed by atoms with Crippen LogP contribution in [0.1, 0.15) is 46.5 Å². The average Bonchev–Trinajstić information content (AvgIpc) is 2.25. The van der Waals surface area contributed by atoms with Crippen LogP contribution in [0.3, 0.4) is 0 Å². The number of carbonyl (C=O) groups excluding carboxylic acids is 2. The number of Topliss-reactive ketones (excluding diaryl/α,β-unsaturated/α-hetero) is 2. The van der Waals surface area contributed by atoms with Crippen molar-refractivity contribution in [2.75, 3.05) is 6.61 Å². The molecular weight excluding hydrogens is 204 g/mol. The highest BCUT2D eigenvalue weighted by Crippen LogP contribution is 2.22. The van der Waals surface area contributed by atoms with E-state index in [9.17, 15) is 9.59 Å². The van der Waals surface area contributed by atoms with Gasteiger partial charge in [-0.2, -0.15) is 0 Å². The van der Waals surface area contributed by atoms with Crippen molar-refractivity contribution >= 4 is 11.6 Å². The predicted molar refractivity (Wildman–Crippen MR) is 62.2 cm³/mol. The molecule has 0 radical (unpaired) electrons. The molecule has 1 fully saturated rings. The highest BCUT2D eigenvalue weighted by Gasteiger charge is 2.29. The Labute approximate surface area is 97.5 Å². The van der Waals surface area contributed by atoms with Crippen molar-refractivity contribution in [2.24, 2.45) is 11.8 Å². The van der Waals surface area contributed by atoms with Gasteiger partial charge in [0, 0.05) is 12.3 Å². The molecule has 0 unspecified atom stereocenters. The number of ketones is 2. The van der Waals surface area contributed by atoms with E-state index in [0.717, 1.165) is 12.8 Å². The Balaban J connectivity index is 2.61. The van der Waals surface area contributed by atoms with Crippen molar-refractivity contribution < 1.29 is 14.3 Å². The Bertz CT molecular complexity index is 260. The summed E-state index contributed by atoms with van der Waals surface area (Å²) in [4.78, 5) is 23.0. The summed E-state index contributed by atoms with van der Waals surface area (Å²) in [6.07, 6.45) is 2.49. The van der Waals surface area contributed by atoms with E-state index in [-0.39, 0.29) is 30.0 Å². The topological polar surface area (TPSA) is 43.4 Å². The Morgan fingerprint density at radius 2 is 2.12 bits per heavy atom. The van der Waals surface area contributed by atoms with Gasteiger partial charge in [-0.15, -0.1) is 0 Å². The summed E-state index contributed by atoms with van der Waals surface area (Å²) in [7, 11) is 0. The zero-order chi connectivity index (χ0) is 12.1. The first-order chi connectivity index (χ1) is 7.54. The standard InChI is InChI=1S/C13H22O3/c1-4-9(2)7-13-10(3)12(15)8-11(14)5-6-16-13/h9-10,13H,4-8H2,1-3H3/t9-,10-,13-/m0/s1. The molecule has 92 valence electrons. The molecule has 1 aliphatic rings. The summed E-state index contributed by atoms with van der Waals surface area (Å²) in [5, 5.41) is 0. The lowest BCUT2D eigenvalue weighted by molar-refractivity contribution is -0.136. The second kappa shape index (κ2) is 6.14. The molecular formula is C13H22O3. The maximum atomic E-state index is 11.8. The summed E-state index contributed by atoms with van der Waals surface area (Å²) >= 11 is 0. The molecule has 3 atom stereocenters. The van der Waals surface area contributed by atoms with Crippen LogP contribution in [-0.4, -0.2) is 24.3 Å². The van der Waals surface area contributed by atoms with Crippen molar-refractivity contribution in [1.82, 2.24) is 0 Å². The van der Waals surface area contributed by atoms with E-state index in [2.05, 4.69) is 13.8 Å². The van der Waals surface area contributed by atoms with Crippen LogP contribution >= 0.6 is 0 Å². The fourth-order valence-electron chi connectivity index (χ4n) is 1.95. The van der Waals surface area contributed by atoms with E-state index in [1.54, 1.807) is 0 Å². The number of carbonyl (C=O) groups is 2. The third-order valence-electron chi connectivity index (χ3n) is 3.48. The highest BCUT2D eigenvalue weighted by molar-refractivity contribution is 6.00. The van der Waals surface area contributed by atoms with E-state index >= 15 is 0 Å².